The van der Waals surface area contributed by atoms with Gasteiger partial charge >= 0.3 is 0 Å². The first kappa shape index (κ1) is 23.3. The number of carbonyl (C=O) groups excluding carboxylic acids is 2. The van der Waals surface area contributed by atoms with Crippen LogP contribution in [0.25, 0.3) is 0 Å². The van der Waals surface area contributed by atoms with E-state index in [-0.39, 0.29) is 62.5 Å². The molecule has 0 bridgehead atoms. The number of fused-ring (bicyclic) bond motifs is 1. The molecule has 0 spiro atoms. The number of ether oxygens (including phenoxy) is 2. The maximum Gasteiger partial charge on any atom is 0.254 e. The number of nitrogens with one attached hydrogen (secondary N) is 1. The highest BCUT2D eigenvalue weighted by molar-refractivity contribution is 5.94. The number of hydrogen-bond acceptors (Lipinski definition) is 6. The zero-order valence-electron chi connectivity index (χ0n) is 18.2. The number of aliphatic hydroxyl groups excluding tert-OH is 1. The van der Waals surface area contributed by atoms with Crippen LogP contribution in [-0.2, 0) is 20.8 Å². The lowest BCUT2D eigenvalue weighted by Crippen LogP contribution is -2.57. The van der Waals surface area contributed by atoms with E-state index in [1.165, 1.54) is 12.1 Å². The van der Waals surface area contributed by atoms with Gasteiger partial charge in [-0.2, -0.15) is 0 Å². The molecule has 33 heavy (non-hydrogen) atoms. The number of aromatic nitrogens is 1. The van der Waals surface area contributed by atoms with Crippen LogP contribution in [-0.4, -0.2) is 70.9 Å². The van der Waals surface area contributed by atoms with Gasteiger partial charge in [-0.1, -0.05) is 12.1 Å². The summed E-state index contributed by atoms with van der Waals surface area (Å²) in [7, 11) is 0. The third kappa shape index (κ3) is 6.13. The van der Waals surface area contributed by atoms with E-state index < -0.39 is 12.2 Å². The Bertz CT molecular complexity index is 960. The Labute approximate surface area is 191 Å². The third-order valence-electron chi connectivity index (χ3n) is 5.96. The van der Waals surface area contributed by atoms with E-state index in [1.807, 2.05) is 0 Å². The average molecular weight is 458 g/mol. The van der Waals surface area contributed by atoms with Crippen molar-refractivity contribution in [1.82, 2.24) is 15.2 Å². The normalized spacial score (nSPS) is 25.5. The van der Waals surface area contributed by atoms with Gasteiger partial charge in [0.2, 0.25) is 5.91 Å². The second-order valence-electron chi connectivity index (χ2n) is 8.44. The van der Waals surface area contributed by atoms with E-state index in [9.17, 15) is 19.1 Å². The van der Waals surface area contributed by atoms with Gasteiger partial charge in [-0.3, -0.25) is 14.6 Å². The molecule has 3 heterocycles. The number of benzene rings is 1. The van der Waals surface area contributed by atoms with E-state index in [4.69, 9.17) is 9.47 Å². The molecule has 2 N–H and O–H groups in total. The molecule has 2 amide bonds. The van der Waals surface area contributed by atoms with Crippen LogP contribution in [0.4, 0.5) is 4.39 Å². The quantitative estimate of drug-likeness (QED) is 0.709. The Kier molecular flexibility index (Phi) is 7.64. The lowest BCUT2D eigenvalue weighted by Gasteiger charge is -2.44. The molecule has 2 fully saturated rings. The number of nitrogens with zero attached hydrogens (tertiary/aromatic N) is 2. The van der Waals surface area contributed by atoms with E-state index >= 15 is 0 Å². The third-order valence-corrected chi connectivity index (χ3v) is 5.96. The Morgan fingerprint density at radius 1 is 1.18 bits per heavy atom. The van der Waals surface area contributed by atoms with Crippen LogP contribution in [0.3, 0.4) is 0 Å². The van der Waals surface area contributed by atoms with E-state index in [2.05, 4.69) is 10.3 Å². The molecular formula is C24H28FN3O5. The fraction of sp³-hybridized carbons (Fsp3) is 0.458. The maximum absolute atomic E-state index is 13.3. The Morgan fingerprint density at radius 3 is 2.79 bits per heavy atom. The van der Waals surface area contributed by atoms with Gasteiger partial charge in [0.05, 0.1) is 37.9 Å². The first-order chi connectivity index (χ1) is 16.0. The second kappa shape index (κ2) is 10.8. The molecule has 1 aromatic carbocycles. The number of rotatable bonds is 5. The number of halogens is 1. The van der Waals surface area contributed by atoms with Crippen LogP contribution in [0.5, 0.6) is 0 Å². The summed E-state index contributed by atoms with van der Waals surface area (Å²) in [5.74, 6) is -0.721. The van der Waals surface area contributed by atoms with Gasteiger partial charge in [-0.25, -0.2) is 4.39 Å². The Hall–Kier alpha value is -2.88. The van der Waals surface area contributed by atoms with E-state index in [1.54, 1.807) is 41.6 Å². The zero-order valence-corrected chi connectivity index (χ0v) is 18.2. The molecule has 1 aromatic heterocycles. The molecule has 2 aliphatic heterocycles. The van der Waals surface area contributed by atoms with Gasteiger partial charge in [0, 0.05) is 31.0 Å². The van der Waals surface area contributed by atoms with Crippen molar-refractivity contribution in [2.75, 3.05) is 19.8 Å². The minimum Gasteiger partial charge on any atom is -0.389 e. The number of β-amino-alcohol motifs (C(OH)–C–C–N with tert-alkyl or cyclic N) is 1. The molecule has 2 saturated heterocycles. The van der Waals surface area contributed by atoms with Crippen LogP contribution in [0.1, 0.15) is 35.2 Å². The summed E-state index contributed by atoms with van der Waals surface area (Å²) in [5.41, 5.74) is 1.18. The summed E-state index contributed by atoms with van der Waals surface area (Å²) in [5, 5.41) is 13.1. The van der Waals surface area contributed by atoms with Gasteiger partial charge < -0.3 is 24.8 Å². The van der Waals surface area contributed by atoms with E-state index in [0.717, 1.165) is 0 Å². The number of amides is 2. The molecule has 4 rings (SSSR count). The van der Waals surface area contributed by atoms with Crippen molar-refractivity contribution in [3.63, 3.8) is 0 Å². The van der Waals surface area contributed by atoms with Crippen LogP contribution in [0.2, 0.25) is 0 Å². The molecule has 2 aliphatic rings. The number of carbonyl (C=O) groups is 2. The Balaban J connectivity index is 1.37. The molecule has 0 saturated carbocycles. The molecule has 4 atom stereocenters. The molecule has 0 unspecified atom stereocenters. The molecular weight excluding hydrogens is 429 g/mol. The van der Waals surface area contributed by atoms with Crippen molar-refractivity contribution in [2.24, 2.45) is 0 Å². The van der Waals surface area contributed by atoms with Crippen molar-refractivity contribution in [3.05, 3.63) is 65.7 Å². The maximum atomic E-state index is 13.3. The fourth-order valence-electron chi connectivity index (χ4n) is 4.36. The average Bonchev–Trinajstić information content (AvgIpc) is 2.81. The molecule has 9 heteroatoms. The predicted octanol–water partition coefficient (Wildman–Crippen LogP) is 1.68. The Morgan fingerprint density at radius 2 is 2.00 bits per heavy atom. The SMILES string of the molecule is O=C(C[C@@H]1CC[C@H]2[C@@H](COC[C@H](O)CN2C(=O)c2ccncc2)O1)NCc1cccc(F)c1. The zero-order chi connectivity index (χ0) is 23.2. The monoisotopic (exact) mass is 457 g/mol. The minimum absolute atomic E-state index is 0.103. The van der Waals surface area contributed by atoms with Crippen LogP contribution < -0.4 is 5.32 Å². The van der Waals surface area contributed by atoms with Crippen molar-refractivity contribution in [1.29, 1.82) is 0 Å². The first-order valence-electron chi connectivity index (χ1n) is 11.1. The number of aliphatic hydroxyl groups is 1. The highest BCUT2D eigenvalue weighted by Crippen LogP contribution is 2.28. The minimum atomic E-state index is -0.789. The summed E-state index contributed by atoms with van der Waals surface area (Å²) in [6.45, 7) is 0.712. The van der Waals surface area contributed by atoms with E-state index in [0.29, 0.717) is 24.0 Å². The van der Waals surface area contributed by atoms with Crippen molar-refractivity contribution >= 4 is 11.8 Å². The number of hydrogen-bond donors (Lipinski definition) is 2. The van der Waals surface area contributed by atoms with Gasteiger partial charge in [0.15, 0.2) is 0 Å². The lowest BCUT2D eigenvalue weighted by molar-refractivity contribution is -0.151. The predicted molar refractivity (Wildman–Crippen MR) is 117 cm³/mol. The van der Waals surface area contributed by atoms with Gasteiger partial charge in [0.25, 0.3) is 5.91 Å². The molecule has 0 aliphatic carbocycles. The van der Waals surface area contributed by atoms with Gasteiger partial charge in [-0.05, 0) is 42.7 Å². The molecule has 0 radical (unpaired) electrons. The summed E-state index contributed by atoms with van der Waals surface area (Å²) in [6.07, 6.45) is 2.99. The molecule has 8 nitrogen and oxygen atoms in total. The van der Waals surface area contributed by atoms with Crippen LogP contribution in [0, 0.1) is 5.82 Å². The lowest BCUT2D eigenvalue weighted by atomic mass is 9.94. The summed E-state index contributed by atoms with van der Waals surface area (Å²) in [4.78, 5) is 31.2. The van der Waals surface area contributed by atoms with Crippen LogP contribution >= 0.6 is 0 Å². The molecule has 2 aromatic rings. The smallest absolute Gasteiger partial charge is 0.254 e. The van der Waals surface area contributed by atoms with Gasteiger partial charge in [0.1, 0.15) is 11.9 Å². The fourth-order valence-corrected chi connectivity index (χ4v) is 4.36. The van der Waals surface area contributed by atoms with Crippen LogP contribution in [0.15, 0.2) is 48.8 Å². The second-order valence-corrected chi connectivity index (χ2v) is 8.44. The summed E-state index contributed by atoms with van der Waals surface area (Å²) >= 11 is 0. The van der Waals surface area contributed by atoms with Crippen molar-refractivity contribution in [3.8, 4) is 0 Å². The summed E-state index contributed by atoms with van der Waals surface area (Å²) < 4.78 is 25.1. The highest BCUT2D eigenvalue weighted by Gasteiger charge is 2.40. The largest absolute Gasteiger partial charge is 0.389 e. The first-order valence-corrected chi connectivity index (χ1v) is 11.1. The van der Waals surface area contributed by atoms with Crippen molar-refractivity contribution in [2.45, 2.75) is 50.2 Å². The number of pyridine rings is 1. The van der Waals surface area contributed by atoms with Crippen molar-refractivity contribution < 1.29 is 28.6 Å². The summed E-state index contributed by atoms with van der Waals surface area (Å²) in [6, 6.07) is 9.12. The topological polar surface area (TPSA) is 101 Å². The molecule has 176 valence electrons. The standard InChI is InChI=1S/C24H28FN3O5/c25-18-3-1-2-16(10-18)12-27-23(30)11-20-4-5-21-22(33-20)15-32-14-19(29)13-28(21)24(31)17-6-8-26-9-7-17/h1-3,6-10,19-22,29H,4-5,11-15H2,(H,27,30)/t19-,20+,21+,22-/m1/s1. The van der Waals surface area contributed by atoms with Gasteiger partial charge in [-0.15, -0.1) is 0 Å². The highest BCUT2D eigenvalue weighted by atomic mass is 19.1.